The third-order valence-electron chi connectivity index (χ3n) is 5.24. The number of nitrogens with two attached hydrogens (primary N) is 1. The predicted molar refractivity (Wildman–Crippen MR) is 62.7 cm³/mol. The third-order valence-corrected chi connectivity index (χ3v) is 5.24. The van der Waals surface area contributed by atoms with Crippen molar-refractivity contribution < 1.29 is 4.79 Å². The smallest absolute Gasteiger partial charge is 0.227 e. The molecule has 3 fully saturated rings. The Labute approximate surface area is 97.2 Å². The molecule has 0 spiro atoms. The first-order valence-corrected chi connectivity index (χ1v) is 6.74. The first kappa shape index (κ1) is 10.6. The molecule has 3 nitrogen and oxygen atoms in total. The lowest BCUT2D eigenvalue weighted by atomic mass is 9.68. The monoisotopic (exact) mass is 222 g/mol. The van der Waals surface area contributed by atoms with Crippen molar-refractivity contribution in [2.45, 2.75) is 51.0 Å². The van der Waals surface area contributed by atoms with Gasteiger partial charge in [-0.05, 0) is 43.9 Å². The van der Waals surface area contributed by atoms with Crippen LogP contribution < -0.4 is 11.1 Å². The number of carbonyl (C=O) groups is 1. The Kier molecular flexibility index (Phi) is 2.46. The van der Waals surface area contributed by atoms with Crippen molar-refractivity contribution in [1.82, 2.24) is 5.32 Å². The van der Waals surface area contributed by atoms with E-state index in [2.05, 4.69) is 5.32 Å². The minimum absolute atomic E-state index is 0.193. The fourth-order valence-electron chi connectivity index (χ4n) is 3.87. The molecule has 16 heavy (non-hydrogen) atoms. The summed E-state index contributed by atoms with van der Waals surface area (Å²) in [4.78, 5) is 12.2. The van der Waals surface area contributed by atoms with Crippen molar-refractivity contribution in [3.05, 3.63) is 0 Å². The highest BCUT2D eigenvalue weighted by Crippen LogP contribution is 2.46. The Morgan fingerprint density at radius 3 is 2.56 bits per heavy atom. The van der Waals surface area contributed by atoms with Gasteiger partial charge < -0.3 is 11.1 Å². The van der Waals surface area contributed by atoms with E-state index in [9.17, 15) is 4.79 Å². The SMILES string of the molecule is NCC1(C(=O)NC2CC3CCC2C3)CCC1. The van der Waals surface area contributed by atoms with Gasteiger partial charge >= 0.3 is 0 Å². The van der Waals surface area contributed by atoms with Gasteiger partial charge in [0.05, 0.1) is 5.41 Å². The van der Waals surface area contributed by atoms with Crippen LogP contribution in [0, 0.1) is 17.3 Å². The van der Waals surface area contributed by atoms with Gasteiger partial charge in [-0.2, -0.15) is 0 Å². The highest BCUT2D eigenvalue weighted by atomic mass is 16.2. The summed E-state index contributed by atoms with van der Waals surface area (Å²) in [6.45, 7) is 0.527. The van der Waals surface area contributed by atoms with Crippen molar-refractivity contribution >= 4 is 5.91 Å². The second-order valence-corrected chi connectivity index (χ2v) is 6.09. The molecule has 3 aliphatic carbocycles. The average molecular weight is 222 g/mol. The van der Waals surface area contributed by atoms with Crippen LogP contribution in [-0.4, -0.2) is 18.5 Å². The van der Waals surface area contributed by atoms with Crippen LogP contribution in [-0.2, 0) is 4.79 Å². The van der Waals surface area contributed by atoms with Gasteiger partial charge in [-0.1, -0.05) is 12.8 Å². The van der Waals surface area contributed by atoms with Crippen LogP contribution in [0.5, 0.6) is 0 Å². The molecule has 3 unspecified atom stereocenters. The Morgan fingerprint density at radius 1 is 1.31 bits per heavy atom. The second kappa shape index (κ2) is 3.73. The maximum absolute atomic E-state index is 12.2. The number of hydrogen-bond donors (Lipinski definition) is 2. The van der Waals surface area contributed by atoms with Gasteiger partial charge in [0, 0.05) is 12.6 Å². The summed E-state index contributed by atoms with van der Waals surface area (Å²) in [7, 11) is 0. The number of nitrogens with one attached hydrogen (secondary N) is 1. The predicted octanol–water partition coefficient (Wildman–Crippen LogP) is 1.42. The minimum Gasteiger partial charge on any atom is -0.353 e. The normalized spacial score (nSPS) is 39.4. The fraction of sp³-hybridized carbons (Fsp3) is 0.923. The number of rotatable bonds is 3. The molecule has 3 saturated carbocycles. The van der Waals surface area contributed by atoms with Gasteiger partial charge in [0.15, 0.2) is 0 Å². The molecule has 90 valence electrons. The number of amides is 1. The van der Waals surface area contributed by atoms with Crippen molar-refractivity contribution in [2.24, 2.45) is 23.0 Å². The van der Waals surface area contributed by atoms with Crippen molar-refractivity contribution in [3.63, 3.8) is 0 Å². The van der Waals surface area contributed by atoms with Gasteiger partial charge in [-0.15, -0.1) is 0 Å². The van der Waals surface area contributed by atoms with Gasteiger partial charge in [0.1, 0.15) is 0 Å². The van der Waals surface area contributed by atoms with E-state index in [1.807, 2.05) is 0 Å². The zero-order valence-electron chi connectivity index (χ0n) is 9.87. The van der Waals surface area contributed by atoms with Crippen LogP contribution in [0.1, 0.15) is 44.9 Å². The van der Waals surface area contributed by atoms with E-state index in [0.29, 0.717) is 12.6 Å². The highest BCUT2D eigenvalue weighted by molar-refractivity contribution is 5.84. The van der Waals surface area contributed by atoms with E-state index in [-0.39, 0.29) is 11.3 Å². The van der Waals surface area contributed by atoms with E-state index in [4.69, 9.17) is 5.73 Å². The first-order valence-electron chi connectivity index (χ1n) is 6.74. The Hall–Kier alpha value is -0.570. The first-order chi connectivity index (χ1) is 7.73. The summed E-state index contributed by atoms with van der Waals surface area (Å²) < 4.78 is 0. The summed E-state index contributed by atoms with van der Waals surface area (Å²) in [6.07, 6.45) is 8.44. The number of fused-ring (bicyclic) bond motifs is 2. The largest absolute Gasteiger partial charge is 0.353 e. The number of carbonyl (C=O) groups excluding carboxylic acids is 1. The zero-order valence-corrected chi connectivity index (χ0v) is 9.87. The van der Waals surface area contributed by atoms with E-state index in [1.165, 1.54) is 32.1 Å². The molecule has 3 rings (SSSR count). The van der Waals surface area contributed by atoms with Gasteiger partial charge in [-0.25, -0.2) is 0 Å². The van der Waals surface area contributed by atoms with Crippen molar-refractivity contribution in [2.75, 3.05) is 6.54 Å². The molecule has 2 bridgehead atoms. The topological polar surface area (TPSA) is 55.1 Å². The summed E-state index contributed by atoms with van der Waals surface area (Å²) in [5, 5.41) is 3.29. The van der Waals surface area contributed by atoms with Gasteiger partial charge in [0.25, 0.3) is 0 Å². The summed E-state index contributed by atoms with van der Waals surface area (Å²) in [5.41, 5.74) is 5.57. The van der Waals surface area contributed by atoms with Crippen LogP contribution in [0.2, 0.25) is 0 Å². The van der Waals surface area contributed by atoms with E-state index < -0.39 is 0 Å². The van der Waals surface area contributed by atoms with E-state index in [1.54, 1.807) is 0 Å². The number of hydrogen-bond acceptors (Lipinski definition) is 2. The fourth-order valence-corrected chi connectivity index (χ4v) is 3.87. The summed E-state index contributed by atoms with van der Waals surface area (Å²) in [5.74, 6) is 1.91. The zero-order chi connectivity index (χ0) is 11.2. The highest BCUT2D eigenvalue weighted by Gasteiger charge is 2.46. The summed E-state index contributed by atoms with van der Waals surface area (Å²) >= 11 is 0. The van der Waals surface area contributed by atoms with Crippen LogP contribution >= 0.6 is 0 Å². The van der Waals surface area contributed by atoms with Crippen LogP contribution in [0.25, 0.3) is 0 Å². The lowest BCUT2D eigenvalue weighted by Gasteiger charge is -2.40. The molecule has 3 N–H and O–H groups in total. The molecule has 0 aromatic carbocycles. The van der Waals surface area contributed by atoms with Crippen LogP contribution in [0.4, 0.5) is 0 Å². The maximum atomic E-state index is 12.2. The third kappa shape index (κ3) is 1.48. The van der Waals surface area contributed by atoms with E-state index in [0.717, 1.165) is 24.7 Å². The Morgan fingerprint density at radius 2 is 2.12 bits per heavy atom. The molecule has 0 radical (unpaired) electrons. The van der Waals surface area contributed by atoms with Crippen molar-refractivity contribution in [3.8, 4) is 0 Å². The van der Waals surface area contributed by atoms with Crippen LogP contribution in [0.3, 0.4) is 0 Å². The van der Waals surface area contributed by atoms with Crippen LogP contribution in [0.15, 0.2) is 0 Å². The second-order valence-electron chi connectivity index (χ2n) is 6.09. The Balaban J connectivity index is 1.60. The maximum Gasteiger partial charge on any atom is 0.227 e. The average Bonchev–Trinajstić information content (AvgIpc) is 2.78. The lowest BCUT2D eigenvalue weighted by molar-refractivity contribution is -0.136. The molecule has 0 saturated heterocycles. The minimum atomic E-state index is -0.193. The standard InChI is InChI=1S/C13H22N2O/c14-8-13(4-1-5-13)12(16)15-11-7-9-2-3-10(11)6-9/h9-11H,1-8,14H2,(H,15,16). The van der Waals surface area contributed by atoms with Crippen molar-refractivity contribution in [1.29, 1.82) is 0 Å². The molecule has 0 aliphatic heterocycles. The molecule has 1 amide bonds. The molecular weight excluding hydrogens is 200 g/mol. The molecule has 3 heteroatoms. The Bertz CT molecular complexity index is 293. The molecule has 0 heterocycles. The van der Waals surface area contributed by atoms with Gasteiger partial charge in [-0.3, -0.25) is 4.79 Å². The molecular formula is C13H22N2O. The molecule has 3 atom stereocenters. The molecule has 0 aromatic rings. The van der Waals surface area contributed by atoms with E-state index >= 15 is 0 Å². The quantitative estimate of drug-likeness (QED) is 0.759. The summed E-state index contributed by atoms with van der Waals surface area (Å²) in [6, 6.07) is 0.468. The molecule has 0 aromatic heterocycles. The lowest BCUT2D eigenvalue weighted by Crippen LogP contribution is -2.53. The molecule has 3 aliphatic rings. The van der Waals surface area contributed by atoms with Gasteiger partial charge in [0.2, 0.25) is 5.91 Å².